The summed E-state index contributed by atoms with van der Waals surface area (Å²) >= 11 is 1.31. The summed E-state index contributed by atoms with van der Waals surface area (Å²) in [6, 6.07) is 7.58. The Morgan fingerprint density at radius 1 is 1.11 bits per heavy atom. The van der Waals surface area contributed by atoms with Crippen molar-refractivity contribution in [1.29, 1.82) is 0 Å². The van der Waals surface area contributed by atoms with Gasteiger partial charge in [-0.05, 0) is 27.7 Å². The van der Waals surface area contributed by atoms with Crippen LogP contribution in [-0.2, 0) is 0 Å². The van der Waals surface area contributed by atoms with E-state index in [2.05, 4.69) is 30.7 Å². The van der Waals surface area contributed by atoms with Gasteiger partial charge in [0.2, 0.25) is 17.1 Å². The molecule has 0 spiro atoms. The molecule has 142 valence electrons. The molecule has 9 heteroatoms. The molecule has 0 radical (unpaired) electrons. The van der Waals surface area contributed by atoms with Gasteiger partial charge in [0.05, 0.1) is 5.25 Å². The highest BCUT2D eigenvalue weighted by atomic mass is 32.2. The molecule has 0 fully saturated rings. The van der Waals surface area contributed by atoms with E-state index in [-0.39, 0.29) is 11.0 Å². The fraction of sp³-hybridized carbons (Fsp3) is 0.389. The van der Waals surface area contributed by atoms with Gasteiger partial charge in [-0.3, -0.25) is 4.79 Å². The number of carbonyl (C=O) groups excluding carboxylic acids is 1. The van der Waals surface area contributed by atoms with Crippen LogP contribution < -0.4 is 10.6 Å². The molecule has 0 saturated carbocycles. The van der Waals surface area contributed by atoms with Crippen LogP contribution >= 0.6 is 11.8 Å². The summed E-state index contributed by atoms with van der Waals surface area (Å²) in [5, 5.41) is 10.9. The molecule has 0 aliphatic carbocycles. The van der Waals surface area contributed by atoms with E-state index in [0.717, 1.165) is 5.56 Å². The fourth-order valence-electron chi connectivity index (χ4n) is 2.49. The minimum atomic E-state index is -0.311. The molecule has 8 nitrogen and oxygen atoms in total. The highest BCUT2D eigenvalue weighted by molar-refractivity contribution is 8.00. The molecule has 1 atom stereocenters. The zero-order valence-electron chi connectivity index (χ0n) is 15.9. The molecular weight excluding hydrogens is 362 g/mol. The van der Waals surface area contributed by atoms with Crippen molar-refractivity contribution < 1.29 is 4.79 Å². The first kappa shape index (κ1) is 19.1. The highest BCUT2D eigenvalue weighted by Gasteiger charge is 2.20. The maximum Gasteiger partial charge on any atom is 0.259 e. The van der Waals surface area contributed by atoms with Gasteiger partial charge in [0, 0.05) is 18.7 Å². The molecule has 2 heterocycles. The fourth-order valence-corrected chi connectivity index (χ4v) is 3.31. The Labute approximate surface area is 162 Å². The van der Waals surface area contributed by atoms with Gasteiger partial charge in [-0.25, -0.2) is 0 Å². The normalized spacial score (nSPS) is 12.1. The van der Waals surface area contributed by atoms with Crippen LogP contribution in [-0.4, -0.2) is 48.7 Å². The molecule has 2 aromatic heterocycles. The van der Waals surface area contributed by atoms with E-state index in [9.17, 15) is 4.79 Å². The smallest absolute Gasteiger partial charge is 0.259 e. The summed E-state index contributed by atoms with van der Waals surface area (Å²) in [5.74, 6) is 1.54. The quantitative estimate of drug-likeness (QED) is 0.451. The molecule has 0 aliphatic heterocycles. The van der Waals surface area contributed by atoms with Gasteiger partial charge < -0.3 is 10.6 Å². The third-order valence-corrected chi connectivity index (χ3v) is 4.80. The zero-order chi connectivity index (χ0) is 19.4. The van der Waals surface area contributed by atoms with Crippen molar-refractivity contribution in [2.24, 2.45) is 0 Å². The van der Waals surface area contributed by atoms with Crippen LogP contribution in [0.25, 0.3) is 5.78 Å². The average molecular weight is 385 g/mol. The number of aryl methyl sites for hydroxylation is 1. The predicted octanol–water partition coefficient (Wildman–Crippen LogP) is 3.05. The molecule has 2 N–H and O–H groups in total. The van der Waals surface area contributed by atoms with E-state index >= 15 is 0 Å². The maximum absolute atomic E-state index is 12.7. The molecule has 0 saturated heterocycles. The highest BCUT2D eigenvalue weighted by Crippen LogP contribution is 2.24. The van der Waals surface area contributed by atoms with Crippen LogP contribution in [0.4, 0.5) is 11.9 Å². The second-order valence-electron chi connectivity index (χ2n) is 6.03. The van der Waals surface area contributed by atoms with E-state index in [1.54, 1.807) is 4.52 Å². The van der Waals surface area contributed by atoms with Gasteiger partial charge in [0.1, 0.15) is 0 Å². The first-order chi connectivity index (χ1) is 13.0. The lowest BCUT2D eigenvalue weighted by Gasteiger charge is -2.08. The molecule has 0 aliphatic rings. The van der Waals surface area contributed by atoms with Gasteiger partial charge in [-0.15, -0.1) is 5.10 Å². The topological polar surface area (TPSA) is 97.1 Å². The summed E-state index contributed by atoms with van der Waals surface area (Å²) in [4.78, 5) is 25.9. The Balaban J connectivity index is 1.84. The number of rotatable bonds is 8. The van der Waals surface area contributed by atoms with Crippen molar-refractivity contribution in [3.8, 4) is 0 Å². The molecular formula is C18H23N7OS. The van der Waals surface area contributed by atoms with Gasteiger partial charge >= 0.3 is 0 Å². The van der Waals surface area contributed by atoms with Gasteiger partial charge in [-0.1, -0.05) is 41.6 Å². The van der Waals surface area contributed by atoms with E-state index in [0.29, 0.717) is 41.5 Å². The Hall–Kier alpha value is -2.68. The SMILES string of the molecule is CCNc1nc(NCC)n2nc(SC(C)C(=O)c3ccc(C)cc3)nc2n1. The molecule has 3 aromatic rings. The number of hydrogen-bond acceptors (Lipinski definition) is 8. The largest absolute Gasteiger partial charge is 0.354 e. The maximum atomic E-state index is 12.7. The molecule has 3 rings (SSSR count). The van der Waals surface area contributed by atoms with Crippen molar-refractivity contribution in [1.82, 2.24) is 24.6 Å². The lowest BCUT2D eigenvalue weighted by molar-refractivity contribution is 0.0994. The van der Waals surface area contributed by atoms with E-state index in [4.69, 9.17) is 0 Å². The summed E-state index contributed by atoms with van der Waals surface area (Å²) in [5.41, 5.74) is 1.81. The molecule has 1 aromatic carbocycles. The monoisotopic (exact) mass is 385 g/mol. The number of thioether (sulfide) groups is 1. The number of hydrogen-bond donors (Lipinski definition) is 2. The summed E-state index contributed by atoms with van der Waals surface area (Å²) in [6.07, 6.45) is 0. The third kappa shape index (κ3) is 4.36. The third-order valence-electron chi connectivity index (χ3n) is 3.85. The standard InChI is InChI=1S/C18H23N7OS/c1-5-19-15-21-16(20-6-2)25-17(22-15)23-18(24-25)27-12(4)14(26)13-9-7-11(3)8-10-13/h7-10,12H,5-6H2,1-4H3,(H2,19,20,21,22,23,24). The van der Waals surface area contributed by atoms with Crippen LogP contribution in [0.3, 0.4) is 0 Å². The molecule has 27 heavy (non-hydrogen) atoms. The number of fused-ring (bicyclic) bond motifs is 1. The van der Waals surface area contributed by atoms with Crippen molar-refractivity contribution in [2.45, 2.75) is 38.1 Å². The lowest BCUT2D eigenvalue weighted by atomic mass is 10.1. The minimum Gasteiger partial charge on any atom is -0.354 e. The van der Waals surface area contributed by atoms with Crippen molar-refractivity contribution in [2.75, 3.05) is 23.7 Å². The van der Waals surface area contributed by atoms with Crippen molar-refractivity contribution >= 4 is 35.2 Å². The molecule has 1 unspecified atom stereocenters. The first-order valence-electron chi connectivity index (χ1n) is 8.92. The summed E-state index contributed by atoms with van der Waals surface area (Å²) < 4.78 is 1.57. The second kappa shape index (κ2) is 8.34. The van der Waals surface area contributed by atoms with Crippen LogP contribution in [0, 0.1) is 6.92 Å². The number of nitrogens with zero attached hydrogens (tertiary/aromatic N) is 5. The average Bonchev–Trinajstić information content (AvgIpc) is 3.05. The van der Waals surface area contributed by atoms with Gasteiger partial charge in [-0.2, -0.15) is 19.5 Å². The van der Waals surface area contributed by atoms with E-state index in [1.165, 1.54) is 11.8 Å². The Kier molecular flexibility index (Phi) is 5.90. The number of carbonyl (C=O) groups is 1. The van der Waals surface area contributed by atoms with E-state index in [1.807, 2.05) is 52.0 Å². The van der Waals surface area contributed by atoms with Crippen LogP contribution in [0.1, 0.15) is 36.7 Å². The molecule has 0 bridgehead atoms. The first-order valence-corrected chi connectivity index (χ1v) is 9.79. The number of anilines is 2. The number of Topliss-reactive ketones (excluding diaryl/α,β-unsaturated/α-hetero) is 1. The number of aromatic nitrogens is 5. The number of ketones is 1. The Morgan fingerprint density at radius 2 is 1.81 bits per heavy atom. The van der Waals surface area contributed by atoms with Gasteiger partial charge in [0.15, 0.2) is 5.78 Å². The molecule has 0 amide bonds. The van der Waals surface area contributed by atoms with Crippen LogP contribution in [0.5, 0.6) is 0 Å². The zero-order valence-corrected chi connectivity index (χ0v) is 16.7. The van der Waals surface area contributed by atoms with E-state index < -0.39 is 0 Å². The van der Waals surface area contributed by atoms with Crippen molar-refractivity contribution in [3.05, 3.63) is 35.4 Å². The van der Waals surface area contributed by atoms with Crippen molar-refractivity contribution in [3.63, 3.8) is 0 Å². The summed E-state index contributed by atoms with van der Waals surface area (Å²) in [7, 11) is 0. The second-order valence-corrected chi connectivity index (χ2v) is 7.34. The Morgan fingerprint density at radius 3 is 2.48 bits per heavy atom. The van der Waals surface area contributed by atoms with Crippen LogP contribution in [0.2, 0.25) is 0 Å². The number of benzene rings is 1. The summed E-state index contributed by atoms with van der Waals surface area (Å²) in [6.45, 7) is 9.22. The lowest BCUT2D eigenvalue weighted by Crippen LogP contribution is -2.13. The number of nitrogens with one attached hydrogen (secondary N) is 2. The van der Waals surface area contributed by atoms with Crippen LogP contribution in [0.15, 0.2) is 29.4 Å². The van der Waals surface area contributed by atoms with Gasteiger partial charge in [0.25, 0.3) is 5.78 Å². The predicted molar refractivity (Wildman–Crippen MR) is 108 cm³/mol. The Bertz CT molecular complexity index is 939. The minimum absolute atomic E-state index is 0.0465.